The molecule has 7 nitrogen and oxygen atoms in total. The normalized spacial score (nSPS) is 10.0. The summed E-state index contributed by atoms with van der Waals surface area (Å²) in [6.07, 6.45) is 0. The fraction of sp³-hybridized carbons (Fsp3) is 0.300. The van der Waals surface area contributed by atoms with Crippen molar-refractivity contribution in [2.24, 2.45) is 5.73 Å². The first kappa shape index (κ1) is 12.9. The minimum Gasteiger partial charge on any atom is -0.392 e. The lowest BCUT2D eigenvalue weighted by Gasteiger charge is -2.12. The first-order chi connectivity index (χ1) is 8.01. The maximum Gasteiger partial charge on any atom is 0.270 e. The minimum absolute atomic E-state index is 0.00472. The van der Waals surface area contributed by atoms with Crippen molar-refractivity contribution in [2.45, 2.75) is 13.5 Å². The highest BCUT2D eigenvalue weighted by Gasteiger charge is 2.18. The highest BCUT2D eigenvalue weighted by atomic mass is 16.6. The van der Waals surface area contributed by atoms with Gasteiger partial charge in [-0.3, -0.25) is 14.9 Å². The maximum absolute atomic E-state index is 11.2. The van der Waals surface area contributed by atoms with Crippen molar-refractivity contribution in [3.05, 3.63) is 33.4 Å². The molecule has 0 aliphatic carbocycles. The number of nitro benzene ring substituents is 1. The Morgan fingerprint density at radius 1 is 1.59 bits per heavy atom. The van der Waals surface area contributed by atoms with E-state index in [1.165, 1.54) is 6.07 Å². The number of hydrogen-bond acceptors (Lipinski definition) is 5. The Hall–Kier alpha value is -2.15. The zero-order chi connectivity index (χ0) is 13.0. The first-order valence-electron chi connectivity index (χ1n) is 4.97. The van der Waals surface area contributed by atoms with E-state index in [1.807, 2.05) is 0 Å². The van der Waals surface area contributed by atoms with Gasteiger partial charge in [0.1, 0.15) is 0 Å². The van der Waals surface area contributed by atoms with Crippen LogP contribution in [-0.2, 0) is 6.61 Å². The molecule has 0 saturated heterocycles. The van der Waals surface area contributed by atoms with Gasteiger partial charge >= 0.3 is 0 Å². The van der Waals surface area contributed by atoms with Crippen molar-refractivity contribution in [1.29, 1.82) is 0 Å². The molecule has 0 saturated carbocycles. The van der Waals surface area contributed by atoms with Gasteiger partial charge < -0.3 is 16.2 Å². The molecule has 1 aromatic carbocycles. The van der Waals surface area contributed by atoms with E-state index in [1.54, 1.807) is 6.92 Å². The van der Waals surface area contributed by atoms with Gasteiger partial charge in [0.25, 0.3) is 11.6 Å². The standard InChI is InChI=1S/C10H13N3O4/c1-2-12-9-6(5-14)3-7(13(16)17)4-8(9)10(11)15/h3-4,12,14H,2,5H2,1H3,(H2,11,15). The highest BCUT2D eigenvalue weighted by molar-refractivity contribution is 6.00. The highest BCUT2D eigenvalue weighted by Crippen LogP contribution is 2.27. The van der Waals surface area contributed by atoms with Crippen LogP contribution in [0.3, 0.4) is 0 Å². The van der Waals surface area contributed by atoms with E-state index in [-0.39, 0.29) is 16.8 Å². The van der Waals surface area contributed by atoms with Crippen molar-refractivity contribution in [1.82, 2.24) is 0 Å². The summed E-state index contributed by atoms with van der Waals surface area (Å²) in [6.45, 7) is 1.89. The molecule has 0 bridgehead atoms. The molecule has 7 heteroatoms. The van der Waals surface area contributed by atoms with Gasteiger partial charge in [-0.2, -0.15) is 0 Å². The molecule has 0 atom stereocenters. The summed E-state index contributed by atoms with van der Waals surface area (Å²) in [5, 5.41) is 22.7. The number of aliphatic hydroxyl groups excluding tert-OH is 1. The van der Waals surface area contributed by atoms with Gasteiger partial charge in [0.05, 0.1) is 22.8 Å². The SMILES string of the molecule is CCNc1c(CO)cc([N+](=O)[O-])cc1C(N)=O. The average molecular weight is 239 g/mol. The summed E-state index contributed by atoms with van der Waals surface area (Å²) in [7, 11) is 0. The Labute approximate surface area is 97.4 Å². The number of amides is 1. The lowest BCUT2D eigenvalue weighted by atomic mass is 10.1. The predicted octanol–water partition coefficient (Wildman–Crippen LogP) is 0.618. The van der Waals surface area contributed by atoms with E-state index >= 15 is 0 Å². The number of nitrogens with zero attached hydrogens (tertiary/aromatic N) is 1. The number of primary amides is 1. The molecule has 0 spiro atoms. The lowest BCUT2D eigenvalue weighted by molar-refractivity contribution is -0.384. The van der Waals surface area contributed by atoms with Gasteiger partial charge in [-0.25, -0.2) is 0 Å². The summed E-state index contributed by atoms with van der Waals surface area (Å²) in [5.41, 5.74) is 5.50. The molecule has 17 heavy (non-hydrogen) atoms. The third-order valence-electron chi connectivity index (χ3n) is 2.20. The fourth-order valence-electron chi connectivity index (χ4n) is 1.50. The molecular formula is C10H13N3O4. The smallest absolute Gasteiger partial charge is 0.270 e. The molecule has 0 radical (unpaired) electrons. The Bertz CT molecular complexity index is 459. The van der Waals surface area contributed by atoms with Crippen LogP contribution >= 0.6 is 0 Å². The predicted molar refractivity (Wildman–Crippen MR) is 61.7 cm³/mol. The van der Waals surface area contributed by atoms with Gasteiger partial charge in [-0.15, -0.1) is 0 Å². The molecular weight excluding hydrogens is 226 g/mol. The molecule has 1 amide bonds. The molecule has 1 aromatic rings. The maximum atomic E-state index is 11.2. The van der Waals surface area contributed by atoms with Crippen LogP contribution < -0.4 is 11.1 Å². The quantitative estimate of drug-likeness (QED) is 0.514. The van der Waals surface area contributed by atoms with Crippen molar-refractivity contribution in [2.75, 3.05) is 11.9 Å². The number of nitrogens with one attached hydrogen (secondary N) is 1. The number of benzene rings is 1. The molecule has 4 N–H and O–H groups in total. The van der Waals surface area contributed by atoms with E-state index < -0.39 is 17.4 Å². The van der Waals surface area contributed by atoms with Gasteiger partial charge in [-0.1, -0.05) is 0 Å². The summed E-state index contributed by atoms with van der Waals surface area (Å²) in [6, 6.07) is 2.31. The van der Waals surface area contributed by atoms with Crippen LogP contribution in [0.5, 0.6) is 0 Å². The molecule has 0 fully saturated rings. The van der Waals surface area contributed by atoms with E-state index in [0.29, 0.717) is 12.2 Å². The van der Waals surface area contributed by atoms with Gasteiger partial charge in [-0.05, 0) is 6.92 Å². The third-order valence-corrected chi connectivity index (χ3v) is 2.20. The van der Waals surface area contributed by atoms with Crippen LogP contribution in [0.15, 0.2) is 12.1 Å². The Morgan fingerprint density at radius 3 is 2.65 bits per heavy atom. The number of aliphatic hydroxyl groups is 1. The zero-order valence-corrected chi connectivity index (χ0v) is 9.27. The van der Waals surface area contributed by atoms with Gasteiger partial charge in [0.15, 0.2) is 0 Å². The number of carbonyl (C=O) groups excluding carboxylic acids is 1. The number of hydrogen-bond donors (Lipinski definition) is 3. The second-order valence-corrected chi connectivity index (χ2v) is 3.34. The van der Waals surface area contributed by atoms with Crippen molar-refractivity contribution < 1.29 is 14.8 Å². The van der Waals surface area contributed by atoms with Crippen molar-refractivity contribution >= 4 is 17.3 Å². The Balaban J connectivity index is 3.45. The number of nitrogens with two attached hydrogens (primary N) is 1. The van der Waals surface area contributed by atoms with Crippen LogP contribution in [0.2, 0.25) is 0 Å². The summed E-state index contributed by atoms with van der Waals surface area (Å²) in [4.78, 5) is 21.2. The first-order valence-corrected chi connectivity index (χ1v) is 4.97. The van der Waals surface area contributed by atoms with Crippen molar-refractivity contribution in [3.8, 4) is 0 Å². The molecule has 0 aromatic heterocycles. The molecule has 0 heterocycles. The minimum atomic E-state index is -0.778. The summed E-state index contributed by atoms with van der Waals surface area (Å²) in [5.74, 6) is -0.778. The fourth-order valence-corrected chi connectivity index (χ4v) is 1.50. The summed E-state index contributed by atoms with van der Waals surface area (Å²) >= 11 is 0. The Kier molecular flexibility index (Phi) is 4.00. The number of non-ortho nitro benzene ring substituents is 1. The van der Waals surface area contributed by atoms with E-state index in [0.717, 1.165) is 6.07 Å². The lowest BCUT2D eigenvalue weighted by Crippen LogP contribution is -2.16. The molecule has 92 valence electrons. The number of rotatable bonds is 5. The van der Waals surface area contributed by atoms with Crippen LogP contribution in [0.25, 0.3) is 0 Å². The number of anilines is 1. The van der Waals surface area contributed by atoms with Crippen molar-refractivity contribution in [3.63, 3.8) is 0 Å². The molecule has 0 unspecified atom stereocenters. The largest absolute Gasteiger partial charge is 0.392 e. The second kappa shape index (κ2) is 5.26. The summed E-state index contributed by atoms with van der Waals surface area (Å²) < 4.78 is 0. The van der Waals surface area contributed by atoms with Gasteiger partial charge in [0, 0.05) is 24.2 Å². The zero-order valence-electron chi connectivity index (χ0n) is 9.27. The van der Waals surface area contributed by atoms with E-state index in [9.17, 15) is 14.9 Å². The van der Waals surface area contributed by atoms with E-state index in [2.05, 4.69) is 5.32 Å². The van der Waals surface area contributed by atoms with Crippen LogP contribution in [0.1, 0.15) is 22.8 Å². The van der Waals surface area contributed by atoms with Crippen LogP contribution in [-0.4, -0.2) is 22.5 Å². The second-order valence-electron chi connectivity index (χ2n) is 3.34. The molecule has 0 aliphatic heterocycles. The topological polar surface area (TPSA) is 118 Å². The average Bonchev–Trinajstić information content (AvgIpc) is 2.28. The molecule has 0 aliphatic rings. The van der Waals surface area contributed by atoms with Crippen LogP contribution in [0, 0.1) is 10.1 Å². The Morgan fingerprint density at radius 2 is 2.24 bits per heavy atom. The van der Waals surface area contributed by atoms with Gasteiger partial charge in [0.2, 0.25) is 0 Å². The van der Waals surface area contributed by atoms with Crippen LogP contribution in [0.4, 0.5) is 11.4 Å². The third kappa shape index (κ3) is 2.70. The monoisotopic (exact) mass is 239 g/mol. The molecule has 1 rings (SSSR count). The number of carbonyl (C=O) groups is 1. The van der Waals surface area contributed by atoms with E-state index in [4.69, 9.17) is 10.8 Å². The number of nitro groups is 1.